The van der Waals surface area contributed by atoms with E-state index in [2.05, 4.69) is 0 Å². The van der Waals surface area contributed by atoms with Gasteiger partial charge < -0.3 is 15.2 Å². The molecule has 0 fully saturated rings. The van der Waals surface area contributed by atoms with E-state index in [9.17, 15) is 0 Å². The molecule has 0 aliphatic heterocycles. The Balaban J connectivity index is 2.66. The number of hydrogen-bond donors (Lipinski definition) is 1. The zero-order chi connectivity index (χ0) is 9.68. The second-order valence-corrected chi connectivity index (χ2v) is 2.84. The predicted molar refractivity (Wildman–Crippen MR) is 52.1 cm³/mol. The summed E-state index contributed by atoms with van der Waals surface area (Å²) in [5, 5.41) is 0. The molecule has 1 aromatic rings. The number of nitrogens with two attached hydrogens (primary N) is 1. The summed E-state index contributed by atoms with van der Waals surface area (Å²) in [6.07, 6.45) is 0.0344. The number of rotatable bonds is 4. The van der Waals surface area contributed by atoms with Crippen LogP contribution in [0.4, 0.5) is 0 Å². The Morgan fingerprint density at radius 2 is 2.08 bits per heavy atom. The van der Waals surface area contributed by atoms with Gasteiger partial charge in [0.05, 0.1) is 7.11 Å². The molecule has 0 saturated heterocycles. The molecule has 13 heavy (non-hydrogen) atoms. The topological polar surface area (TPSA) is 44.5 Å². The molecule has 0 bridgehead atoms. The fraction of sp³-hybridized carbons (Fsp3) is 0.400. The van der Waals surface area contributed by atoms with E-state index >= 15 is 0 Å². The van der Waals surface area contributed by atoms with Crippen molar-refractivity contribution in [2.24, 2.45) is 5.73 Å². The summed E-state index contributed by atoms with van der Waals surface area (Å²) in [5.41, 5.74) is 5.43. The first-order chi connectivity index (χ1) is 6.26. The van der Waals surface area contributed by atoms with Crippen molar-refractivity contribution >= 4 is 0 Å². The van der Waals surface area contributed by atoms with Crippen molar-refractivity contribution in [3.8, 4) is 11.5 Å². The first-order valence-electron chi connectivity index (χ1n) is 4.27. The van der Waals surface area contributed by atoms with Gasteiger partial charge in [0.25, 0.3) is 0 Å². The quantitative estimate of drug-likeness (QED) is 0.764. The lowest BCUT2D eigenvalue weighted by atomic mass is 10.3. The van der Waals surface area contributed by atoms with E-state index in [-0.39, 0.29) is 6.10 Å². The maximum atomic E-state index is 5.50. The molecular formula is C10H15NO2. The van der Waals surface area contributed by atoms with Gasteiger partial charge in [0, 0.05) is 12.6 Å². The molecule has 0 unspecified atom stereocenters. The van der Waals surface area contributed by atoms with Crippen LogP contribution in [0.2, 0.25) is 0 Å². The van der Waals surface area contributed by atoms with Crippen molar-refractivity contribution in [2.75, 3.05) is 13.7 Å². The summed E-state index contributed by atoms with van der Waals surface area (Å²) in [4.78, 5) is 0. The van der Waals surface area contributed by atoms with Crippen LogP contribution in [-0.4, -0.2) is 19.8 Å². The van der Waals surface area contributed by atoms with E-state index in [1.54, 1.807) is 7.11 Å². The summed E-state index contributed by atoms with van der Waals surface area (Å²) in [5.74, 6) is 1.58. The third kappa shape index (κ3) is 2.95. The highest BCUT2D eigenvalue weighted by molar-refractivity contribution is 5.32. The van der Waals surface area contributed by atoms with Gasteiger partial charge in [-0.3, -0.25) is 0 Å². The van der Waals surface area contributed by atoms with Gasteiger partial charge in [0.1, 0.15) is 17.6 Å². The summed E-state index contributed by atoms with van der Waals surface area (Å²) < 4.78 is 10.6. The van der Waals surface area contributed by atoms with E-state index in [1.807, 2.05) is 31.2 Å². The lowest BCUT2D eigenvalue weighted by Crippen LogP contribution is -2.22. The molecule has 0 aromatic heterocycles. The van der Waals surface area contributed by atoms with Crippen LogP contribution in [0, 0.1) is 0 Å². The largest absolute Gasteiger partial charge is 0.497 e. The zero-order valence-corrected chi connectivity index (χ0v) is 7.99. The normalized spacial score (nSPS) is 12.2. The van der Waals surface area contributed by atoms with Crippen LogP contribution in [0.25, 0.3) is 0 Å². The van der Waals surface area contributed by atoms with Crippen LogP contribution < -0.4 is 15.2 Å². The summed E-state index contributed by atoms with van der Waals surface area (Å²) in [6, 6.07) is 7.48. The molecule has 2 N–H and O–H groups in total. The monoisotopic (exact) mass is 181 g/mol. The average molecular weight is 181 g/mol. The van der Waals surface area contributed by atoms with Crippen LogP contribution in [0.15, 0.2) is 24.3 Å². The van der Waals surface area contributed by atoms with E-state index < -0.39 is 0 Å². The van der Waals surface area contributed by atoms with E-state index in [1.165, 1.54) is 0 Å². The van der Waals surface area contributed by atoms with Crippen molar-refractivity contribution < 1.29 is 9.47 Å². The average Bonchev–Trinajstić information content (AvgIpc) is 2.18. The Morgan fingerprint density at radius 1 is 1.38 bits per heavy atom. The second-order valence-electron chi connectivity index (χ2n) is 2.84. The standard InChI is InChI=1S/C10H15NO2/c1-8(7-11)13-10-5-3-4-9(6-10)12-2/h3-6,8H,7,11H2,1-2H3/t8-/m0/s1. The molecule has 3 heteroatoms. The van der Waals surface area contributed by atoms with Gasteiger partial charge >= 0.3 is 0 Å². The fourth-order valence-corrected chi connectivity index (χ4v) is 0.955. The first kappa shape index (κ1) is 9.86. The van der Waals surface area contributed by atoms with Crippen molar-refractivity contribution in [2.45, 2.75) is 13.0 Å². The Bertz CT molecular complexity index is 263. The van der Waals surface area contributed by atoms with Crippen LogP contribution in [-0.2, 0) is 0 Å². The minimum Gasteiger partial charge on any atom is -0.497 e. The lowest BCUT2D eigenvalue weighted by molar-refractivity contribution is 0.229. The molecule has 1 rings (SSSR count). The van der Waals surface area contributed by atoms with Gasteiger partial charge in [-0.2, -0.15) is 0 Å². The van der Waals surface area contributed by atoms with Gasteiger partial charge in [-0.15, -0.1) is 0 Å². The van der Waals surface area contributed by atoms with Gasteiger partial charge in [-0.25, -0.2) is 0 Å². The molecule has 0 spiro atoms. The van der Waals surface area contributed by atoms with Gasteiger partial charge in [-0.05, 0) is 19.1 Å². The summed E-state index contributed by atoms with van der Waals surface area (Å²) in [6.45, 7) is 2.44. The molecular weight excluding hydrogens is 166 g/mol. The van der Waals surface area contributed by atoms with Crippen LogP contribution in [0.3, 0.4) is 0 Å². The van der Waals surface area contributed by atoms with Crippen molar-refractivity contribution in [3.05, 3.63) is 24.3 Å². The molecule has 1 aromatic carbocycles. The summed E-state index contributed by atoms with van der Waals surface area (Å²) >= 11 is 0. The maximum absolute atomic E-state index is 5.50. The van der Waals surface area contributed by atoms with Crippen LogP contribution in [0.5, 0.6) is 11.5 Å². The molecule has 0 heterocycles. The first-order valence-corrected chi connectivity index (χ1v) is 4.27. The van der Waals surface area contributed by atoms with Gasteiger partial charge in [-0.1, -0.05) is 6.07 Å². The molecule has 0 amide bonds. The van der Waals surface area contributed by atoms with E-state index in [0.29, 0.717) is 6.54 Å². The molecule has 1 atom stereocenters. The van der Waals surface area contributed by atoms with E-state index in [0.717, 1.165) is 11.5 Å². The molecule has 0 saturated carbocycles. The molecule has 0 aliphatic rings. The number of ether oxygens (including phenoxy) is 2. The summed E-state index contributed by atoms with van der Waals surface area (Å²) in [7, 11) is 1.63. The number of benzene rings is 1. The van der Waals surface area contributed by atoms with Crippen molar-refractivity contribution in [3.63, 3.8) is 0 Å². The van der Waals surface area contributed by atoms with Crippen molar-refractivity contribution in [1.29, 1.82) is 0 Å². The molecule has 0 radical (unpaired) electrons. The third-order valence-electron chi connectivity index (χ3n) is 1.71. The zero-order valence-electron chi connectivity index (χ0n) is 7.99. The SMILES string of the molecule is COc1cccc(O[C@@H](C)CN)c1. The lowest BCUT2D eigenvalue weighted by Gasteiger charge is -2.12. The smallest absolute Gasteiger partial charge is 0.123 e. The minimum absolute atomic E-state index is 0.0344. The van der Waals surface area contributed by atoms with Crippen molar-refractivity contribution in [1.82, 2.24) is 0 Å². The Hall–Kier alpha value is -1.22. The highest BCUT2D eigenvalue weighted by Crippen LogP contribution is 2.19. The van der Waals surface area contributed by atoms with Gasteiger partial charge in [0.15, 0.2) is 0 Å². The highest BCUT2D eigenvalue weighted by Gasteiger charge is 2.01. The predicted octanol–water partition coefficient (Wildman–Crippen LogP) is 1.42. The molecule has 3 nitrogen and oxygen atoms in total. The fourth-order valence-electron chi connectivity index (χ4n) is 0.955. The molecule has 72 valence electrons. The second kappa shape index (κ2) is 4.72. The molecule has 0 aliphatic carbocycles. The van der Waals surface area contributed by atoms with Crippen LogP contribution in [0.1, 0.15) is 6.92 Å². The number of methoxy groups -OCH3 is 1. The Labute approximate surface area is 78.5 Å². The van der Waals surface area contributed by atoms with Gasteiger partial charge in [0.2, 0.25) is 0 Å². The number of hydrogen-bond acceptors (Lipinski definition) is 3. The maximum Gasteiger partial charge on any atom is 0.123 e. The van der Waals surface area contributed by atoms with E-state index in [4.69, 9.17) is 15.2 Å². The Morgan fingerprint density at radius 3 is 2.69 bits per heavy atom. The Kier molecular flexibility index (Phi) is 3.58. The highest BCUT2D eigenvalue weighted by atomic mass is 16.5. The third-order valence-corrected chi connectivity index (χ3v) is 1.71. The van der Waals surface area contributed by atoms with Crippen LogP contribution >= 0.6 is 0 Å². The minimum atomic E-state index is 0.0344.